The first-order valence-electron chi connectivity index (χ1n) is 7.41. The second kappa shape index (κ2) is 6.31. The highest BCUT2D eigenvalue weighted by Crippen LogP contribution is 2.31. The van der Waals surface area contributed by atoms with E-state index >= 15 is 0 Å². The molecule has 0 bridgehead atoms. The maximum absolute atomic E-state index is 5.88. The summed E-state index contributed by atoms with van der Waals surface area (Å²) in [7, 11) is 0. The van der Waals surface area contributed by atoms with Crippen LogP contribution < -0.4 is 15.2 Å². The van der Waals surface area contributed by atoms with Crippen molar-refractivity contribution < 1.29 is 14.2 Å². The van der Waals surface area contributed by atoms with Crippen molar-refractivity contribution in [1.29, 1.82) is 0 Å². The van der Waals surface area contributed by atoms with Gasteiger partial charge in [0.1, 0.15) is 0 Å². The fourth-order valence-electron chi connectivity index (χ4n) is 2.23. The van der Waals surface area contributed by atoms with Gasteiger partial charge in [-0.3, -0.25) is 0 Å². The van der Waals surface area contributed by atoms with Crippen molar-refractivity contribution in [3.05, 3.63) is 12.1 Å². The number of nitrogen functional groups attached to an aromatic ring is 1. The van der Waals surface area contributed by atoms with Crippen LogP contribution in [0.2, 0.25) is 0 Å². The Hall–Kier alpha value is -1.49. The van der Waals surface area contributed by atoms with Crippen LogP contribution >= 0.6 is 0 Å². The summed E-state index contributed by atoms with van der Waals surface area (Å²) in [4.78, 5) is 4.36. The van der Waals surface area contributed by atoms with Gasteiger partial charge in [-0.15, -0.1) is 0 Å². The molecule has 1 aliphatic carbocycles. The summed E-state index contributed by atoms with van der Waals surface area (Å²) in [6, 6.07) is 3.60. The molecule has 0 atom stereocenters. The molecule has 110 valence electrons. The normalized spacial score (nSPS) is 19.8. The summed E-state index contributed by atoms with van der Waals surface area (Å²) in [6.45, 7) is 3.06. The molecule has 0 spiro atoms. The highest BCUT2D eigenvalue weighted by molar-refractivity contribution is 5.49. The minimum atomic E-state index is 0.501. The second-order valence-corrected chi connectivity index (χ2v) is 5.67. The molecule has 0 unspecified atom stereocenters. The predicted octanol–water partition coefficient (Wildman–Crippen LogP) is 2.26. The zero-order chi connectivity index (χ0) is 13.8. The lowest BCUT2D eigenvalue weighted by Gasteiger charge is -2.21. The third-order valence-corrected chi connectivity index (χ3v) is 3.82. The fraction of sp³-hybridized carbons (Fsp3) is 0.667. The number of aromatic nitrogens is 1. The Labute approximate surface area is 119 Å². The zero-order valence-electron chi connectivity index (χ0n) is 11.7. The van der Waals surface area contributed by atoms with Gasteiger partial charge in [0.25, 0.3) is 0 Å². The van der Waals surface area contributed by atoms with Gasteiger partial charge < -0.3 is 19.9 Å². The van der Waals surface area contributed by atoms with E-state index in [-0.39, 0.29) is 0 Å². The van der Waals surface area contributed by atoms with Crippen molar-refractivity contribution in [2.75, 3.05) is 32.2 Å². The Morgan fingerprint density at radius 2 is 1.75 bits per heavy atom. The summed E-state index contributed by atoms with van der Waals surface area (Å²) >= 11 is 0. The average molecular weight is 278 g/mol. The molecular formula is C15H22N2O3. The van der Waals surface area contributed by atoms with Crippen LogP contribution in [0.1, 0.15) is 25.7 Å². The average Bonchev–Trinajstić information content (AvgIpc) is 3.30. The molecule has 3 rings (SSSR count). The SMILES string of the molecule is Nc1ccc(OCC2CCOCC2)nc1OCC1CC1. The molecule has 1 saturated carbocycles. The summed E-state index contributed by atoms with van der Waals surface area (Å²) < 4.78 is 16.8. The van der Waals surface area contributed by atoms with Crippen LogP contribution in [-0.4, -0.2) is 31.4 Å². The molecule has 1 aliphatic heterocycles. The van der Waals surface area contributed by atoms with Gasteiger partial charge in [-0.25, -0.2) is 0 Å². The highest BCUT2D eigenvalue weighted by atomic mass is 16.5. The molecule has 2 heterocycles. The number of nitrogens with zero attached hydrogens (tertiary/aromatic N) is 1. The van der Waals surface area contributed by atoms with Crippen molar-refractivity contribution in [2.45, 2.75) is 25.7 Å². The minimum absolute atomic E-state index is 0.501. The first kappa shape index (κ1) is 13.5. The van der Waals surface area contributed by atoms with Crippen molar-refractivity contribution in [3.8, 4) is 11.8 Å². The lowest BCUT2D eigenvalue weighted by molar-refractivity contribution is 0.0489. The number of anilines is 1. The van der Waals surface area contributed by atoms with Gasteiger partial charge >= 0.3 is 0 Å². The molecule has 1 aromatic rings. The molecule has 0 aromatic carbocycles. The molecule has 0 radical (unpaired) electrons. The van der Waals surface area contributed by atoms with Gasteiger partial charge in [0.15, 0.2) is 0 Å². The van der Waals surface area contributed by atoms with E-state index in [4.69, 9.17) is 19.9 Å². The number of hydrogen-bond donors (Lipinski definition) is 1. The van der Waals surface area contributed by atoms with Crippen molar-refractivity contribution in [1.82, 2.24) is 4.98 Å². The summed E-state index contributed by atoms with van der Waals surface area (Å²) in [6.07, 6.45) is 4.61. The van der Waals surface area contributed by atoms with Crippen LogP contribution in [0.25, 0.3) is 0 Å². The second-order valence-electron chi connectivity index (χ2n) is 5.67. The number of nitrogens with two attached hydrogens (primary N) is 1. The Kier molecular flexibility index (Phi) is 4.25. The highest BCUT2D eigenvalue weighted by Gasteiger charge is 2.22. The van der Waals surface area contributed by atoms with Gasteiger partial charge in [0, 0.05) is 19.3 Å². The number of hydrogen-bond acceptors (Lipinski definition) is 5. The molecule has 0 amide bonds. The Bertz CT molecular complexity index is 443. The van der Waals surface area contributed by atoms with Crippen LogP contribution in [0.5, 0.6) is 11.8 Å². The fourth-order valence-corrected chi connectivity index (χ4v) is 2.23. The topological polar surface area (TPSA) is 66.6 Å². The lowest BCUT2D eigenvalue weighted by atomic mass is 10.0. The maximum atomic E-state index is 5.88. The maximum Gasteiger partial charge on any atom is 0.240 e. The Morgan fingerprint density at radius 3 is 2.50 bits per heavy atom. The van der Waals surface area contributed by atoms with E-state index in [2.05, 4.69) is 4.98 Å². The van der Waals surface area contributed by atoms with Gasteiger partial charge in [0.05, 0.1) is 18.9 Å². The van der Waals surface area contributed by atoms with Crippen LogP contribution in [0.3, 0.4) is 0 Å². The van der Waals surface area contributed by atoms with Crippen LogP contribution in [0.4, 0.5) is 5.69 Å². The summed E-state index contributed by atoms with van der Waals surface area (Å²) in [5.74, 6) is 2.33. The Balaban J connectivity index is 1.53. The molecule has 2 aliphatic rings. The van der Waals surface area contributed by atoms with Crippen molar-refractivity contribution in [3.63, 3.8) is 0 Å². The van der Waals surface area contributed by atoms with E-state index in [1.807, 2.05) is 0 Å². The molecule has 2 fully saturated rings. The van der Waals surface area contributed by atoms with Crippen molar-refractivity contribution in [2.24, 2.45) is 11.8 Å². The standard InChI is InChI=1S/C15H22N2O3/c16-13-3-4-14(17-15(13)20-10-11-1-2-11)19-9-12-5-7-18-8-6-12/h3-4,11-12H,1-2,5-10,16H2. The van der Waals surface area contributed by atoms with E-state index in [0.717, 1.165) is 26.1 Å². The lowest BCUT2D eigenvalue weighted by Crippen LogP contribution is -2.21. The van der Waals surface area contributed by atoms with Gasteiger partial charge in [-0.2, -0.15) is 4.98 Å². The quantitative estimate of drug-likeness (QED) is 0.864. The molecular weight excluding hydrogens is 256 g/mol. The van der Waals surface area contributed by atoms with E-state index in [9.17, 15) is 0 Å². The molecule has 5 heteroatoms. The van der Waals surface area contributed by atoms with E-state index in [1.165, 1.54) is 12.8 Å². The van der Waals surface area contributed by atoms with E-state index in [1.54, 1.807) is 12.1 Å². The summed E-state index contributed by atoms with van der Waals surface area (Å²) in [5.41, 5.74) is 6.45. The van der Waals surface area contributed by atoms with E-state index < -0.39 is 0 Å². The first-order chi connectivity index (χ1) is 9.81. The Morgan fingerprint density at radius 1 is 1.05 bits per heavy atom. The number of pyridine rings is 1. The molecule has 5 nitrogen and oxygen atoms in total. The third kappa shape index (κ3) is 3.76. The molecule has 2 N–H and O–H groups in total. The van der Waals surface area contributed by atoms with Crippen LogP contribution in [-0.2, 0) is 4.74 Å². The van der Waals surface area contributed by atoms with Gasteiger partial charge in [0.2, 0.25) is 11.8 Å². The van der Waals surface area contributed by atoms with Crippen LogP contribution in [0, 0.1) is 11.8 Å². The minimum Gasteiger partial charge on any atom is -0.477 e. The third-order valence-electron chi connectivity index (χ3n) is 3.82. The van der Waals surface area contributed by atoms with Crippen molar-refractivity contribution >= 4 is 5.69 Å². The summed E-state index contributed by atoms with van der Waals surface area (Å²) in [5, 5.41) is 0. The van der Waals surface area contributed by atoms with E-state index in [0.29, 0.717) is 42.5 Å². The first-order valence-corrected chi connectivity index (χ1v) is 7.41. The zero-order valence-corrected chi connectivity index (χ0v) is 11.7. The van der Waals surface area contributed by atoms with Gasteiger partial charge in [-0.05, 0) is 43.6 Å². The smallest absolute Gasteiger partial charge is 0.240 e. The monoisotopic (exact) mass is 278 g/mol. The number of ether oxygens (including phenoxy) is 3. The number of rotatable bonds is 6. The van der Waals surface area contributed by atoms with Crippen LogP contribution in [0.15, 0.2) is 12.1 Å². The predicted molar refractivity (Wildman–Crippen MR) is 75.9 cm³/mol. The van der Waals surface area contributed by atoms with Gasteiger partial charge in [-0.1, -0.05) is 0 Å². The molecule has 1 aromatic heterocycles. The molecule has 20 heavy (non-hydrogen) atoms. The largest absolute Gasteiger partial charge is 0.477 e. The molecule has 1 saturated heterocycles.